The van der Waals surface area contributed by atoms with Gasteiger partial charge in [0.05, 0.1) is 6.61 Å². The van der Waals surface area contributed by atoms with Crippen LogP contribution >= 0.6 is 11.8 Å². The minimum Gasteiger partial charge on any atom is -0.384 e. The molecule has 0 aliphatic carbocycles. The van der Waals surface area contributed by atoms with Crippen LogP contribution in [0.3, 0.4) is 0 Å². The number of thioether (sulfide) groups is 1. The number of hydrogen-bond acceptors (Lipinski definition) is 3. The first-order chi connectivity index (χ1) is 6.88. The normalized spacial score (nSPS) is 10.4. The molecule has 0 saturated carbocycles. The third-order valence-corrected chi connectivity index (χ3v) is 3.01. The molecule has 2 nitrogen and oxygen atoms in total. The standard InChI is InChI=1S/C11H17NOS/c1-13-8-9-14-11-5-3-2-4-10(11)6-7-12/h2-5H,6-9,12H2,1H3. The van der Waals surface area contributed by atoms with E-state index in [0.29, 0.717) is 6.54 Å². The minimum absolute atomic E-state index is 0.710. The Bertz CT molecular complexity index is 265. The van der Waals surface area contributed by atoms with Gasteiger partial charge in [0, 0.05) is 17.8 Å². The van der Waals surface area contributed by atoms with Crippen LogP contribution in [0.5, 0.6) is 0 Å². The first-order valence-corrected chi connectivity index (χ1v) is 5.76. The van der Waals surface area contributed by atoms with Crippen molar-refractivity contribution in [3.63, 3.8) is 0 Å². The maximum absolute atomic E-state index is 5.55. The predicted octanol–water partition coefficient (Wildman–Crippen LogP) is 1.93. The van der Waals surface area contributed by atoms with E-state index in [2.05, 4.69) is 24.3 Å². The fraction of sp³-hybridized carbons (Fsp3) is 0.455. The highest BCUT2D eigenvalue weighted by Gasteiger charge is 2.00. The molecule has 0 radical (unpaired) electrons. The Balaban J connectivity index is 2.55. The molecule has 3 heteroatoms. The lowest BCUT2D eigenvalue weighted by atomic mass is 10.1. The Morgan fingerprint density at radius 2 is 2.14 bits per heavy atom. The first kappa shape index (κ1) is 11.6. The van der Waals surface area contributed by atoms with Crippen molar-refractivity contribution in [2.45, 2.75) is 11.3 Å². The van der Waals surface area contributed by atoms with Gasteiger partial charge >= 0.3 is 0 Å². The molecule has 0 aliphatic heterocycles. The Hall–Kier alpha value is -0.510. The largest absolute Gasteiger partial charge is 0.384 e. The monoisotopic (exact) mass is 211 g/mol. The molecule has 1 rings (SSSR count). The quantitative estimate of drug-likeness (QED) is 0.577. The van der Waals surface area contributed by atoms with Gasteiger partial charge in [0.1, 0.15) is 0 Å². The fourth-order valence-corrected chi connectivity index (χ4v) is 2.24. The Labute approximate surface area is 89.8 Å². The molecule has 0 saturated heterocycles. The lowest BCUT2D eigenvalue weighted by Gasteiger charge is -2.07. The summed E-state index contributed by atoms with van der Waals surface area (Å²) < 4.78 is 5.02. The van der Waals surface area contributed by atoms with Gasteiger partial charge in [-0.05, 0) is 24.6 Å². The highest BCUT2D eigenvalue weighted by Crippen LogP contribution is 2.22. The third kappa shape index (κ3) is 3.70. The number of methoxy groups -OCH3 is 1. The van der Waals surface area contributed by atoms with Crippen LogP contribution in [0.4, 0.5) is 0 Å². The second kappa shape index (κ2) is 6.87. The number of ether oxygens (including phenoxy) is 1. The van der Waals surface area contributed by atoms with Gasteiger partial charge in [-0.2, -0.15) is 0 Å². The molecule has 1 aromatic rings. The van der Waals surface area contributed by atoms with Crippen molar-refractivity contribution in [1.82, 2.24) is 0 Å². The molecule has 0 unspecified atom stereocenters. The van der Waals surface area contributed by atoms with Crippen molar-refractivity contribution in [3.05, 3.63) is 29.8 Å². The molecule has 1 aromatic carbocycles. The van der Waals surface area contributed by atoms with Crippen molar-refractivity contribution in [2.24, 2.45) is 5.73 Å². The summed E-state index contributed by atoms with van der Waals surface area (Å²) in [5, 5.41) is 0. The van der Waals surface area contributed by atoms with Crippen LogP contribution in [0.25, 0.3) is 0 Å². The molecule has 0 amide bonds. The molecule has 0 fully saturated rings. The van der Waals surface area contributed by atoms with E-state index in [0.717, 1.165) is 18.8 Å². The topological polar surface area (TPSA) is 35.2 Å². The molecule has 0 aromatic heterocycles. The SMILES string of the molecule is COCCSc1ccccc1CCN. The lowest BCUT2D eigenvalue weighted by Crippen LogP contribution is -2.04. The minimum atomic E-state index is 0.710. The number of benzene rings is 1. The first-order valence-electron chi connectivity index (χ1n) is 4.78. The number of rotatable bonds is 6. The number of hydrogen-bond donors (Lipinski definition) is 1. The van der Waals surface area contributed by atoms with E-state index in [-0.39, 0.29) is 0 Å². The molecular weight excluding hydrogens is 194 g/mol. The molecule has 14 heavy (non-hydrogen) atoms. The van der Waals surface area contributed by atoms with Gasteiger partial charge in [-0.3, -0.25) is 0 Å². The Morgan fingerprint density at radius 1 is 1.36 bits per heavy atom. The van der Waals surface area contributed by atoms with Crippen LogP contribution in [-0.2, 0) is 11.2 Å². The lowest BCUT2D eigenvalue weighted by molar-refractivity contribution is 0.218. The maximum Gasteiger partial charge on any atom is 0.0556 e. The summed E-state index contributed by atoms with van der Waals surface area (Å²) in [6.07, 6.45) is 0.955. The van der Waals surface area contributed by atoms with Gasteiger partial charge in [-0.25, -0.2) is 0 Å². The van der Waals surface area contributed by atoms with Crippen LogP contribution in [0, 0.1) is 0 Å². The molecule has 0 bridgehead atoms. The zero-order chi connectivity index (χ0) is 10.2. The van der Waals surface area contributed by atoms with Crippen LogP contribution in [-0.4, -0.2) is 26.0 Å². The average molecular weight is 211 g/mol. The smallest absolute Gasteiger partial charge is 0.0556 e. The maximum atomic E-state index is 5.55. The van der Waals surface area contributed by atoms with E-state index in [4.69, 9.17) is 10.5 Å². The summed E-state index contributed by atoms with van der Waals surface area (Å²) in [5.41, 5.74) is 6.89. The zero-order valence-electron chi connectivity index (χ0n) is 8.53. The third-order valence-electron chi connectivity index (χ3n) is 1.93. The van der Waals surface area contributed by atoms with Gasteiger partial charge in [-0.15, -0.1) is 11.8 Å². The van der Waals surface area contributed by atoms with E-state index in [1.807, 2.05) is 11.8 Å². The predicted molar refractivity (Wildman–Crippen MR) is 61.8 cm³/mol. The molecule has 0 aliphatic rings. The van der Waals surface area contributed by atoms with E-state index in [1.54, 1.807) is 7.11 Å². The summed E-state index contributed by atoms with van der Waals surface area (Å²) in [5.74, 6) is 0.998. The van der Waals surface area contributed by atoms with Gasteiger partial charge in [-0.1, -0.05) is 18.2 Å². The van der Waals surface area contributed by atoms with E-state index in [9.17, 15) is 0 Å². The second-order valence-electron chi connectivity index (χ2n) is 2.99. The van der Waals surface area contributed by atoms with Crippen molar-refractivity contribution < 1.29 is 4.74 Å². The summed E-state index contributed by atoms with van der Waals surface area (Å²) in [4.78, 5) is 1.33. The average Bonchev–Trinajstić information content (AvgIpc) is 2.21. The fourth-order valence-electron chi connectivity index (χ4n) is 1.24. The highest BCUT2D eigenvalue weighted by atomic mass is 32.2. The summed E-state index contributed by atoms with van der Waals surface area (Å²) in [7, 11) is 1.73. The Kier molecular flexibility index (Phi) is 5.68. The molecule has 0 spiro atoms. The van der Waals surface area contributed by atoms with Crippen molar-refractivity contribution >= 4 is 11.8 Å². The van der Waals surface area contributed by atoms with Crippen LogP contribution in [0.2, 0.25) is 0 Å². The number of nitrogens with two attached hydrogens (primary N) is 1. The highest BCUT2D eigenvalue weighted by molar-refractivity contribution is 7.99. The van der Waals surface area contributed by atoms with Gasteiger partial charge < -0.3 is 10.5 Å². The van der Waals surface area contributed by atoms with Crippen LogP contribution in [0.1, 0.15) is 5.56 Å². The molecule has 2 N–H and O–H groups in total. The molecule has 0 heterocycles. The summed E-state index contributed by atoms with van der Waals surface area (Å²) >= 11 is 1.83. The van der Waals surface area contributed by atoms with Crippen LogP contribution in [0.15, 0.2) is 29.2 Å². The summed E-state index contributed by atoms with van der Waals surface area (Å²) in [6.45, 7) is 1.50. The van der Waals surface area contributed by atoms with Gasteiger partial charge in [0.2, 0.25) is 0 Å². The van der Waals surface area contributed by atoms with Crippen LogP contribution < -0.4 is 5.73 Å². The second-order valence-corrected chi connectivity index (χ2v) is 4.12. The molecular formula is C11H17NOS. The van der Waals surface area contributed by atoms with Gasteiger partial charge in [0.15, 0.2) is 0 Å². The zero-order valence-corrected chi connectivity index (χ0v) is 9.35. The van der Waals surface area contributed by atoms with Crippen molar-refractivity contribution in [1.29, 1.82) is 0 Å². The van der Waals surface area contributed by atoms with E-state index < -0.39 is 0 Å². The molecule has 78 valence electrons. The van der Waals surface area contributed by atoms with Gasteiger partial charge in [0.25, 0.3) is 0 Å². The van der Waals surface area contributed by atoms with E-state index in [1.165, 1.54) is 10.5 Å². The van der Waals surface area contributed by atoms with Crippen molar-refractivity contribution in [2.75, 3.05) is 26.0 Å². The molecule has 0 atom stereocenters. The Morgan fingerprint density at radius 3 is 2.86 bits per heavy atom. The summed E-state index contributed by atoms with van der Waals surface area (Å²) in [6, 6.07) is 8.41. The van der Waals surface area contributed by atoms with E-state index >= 15 is 0 Å². The van der Waals surface area contributed by atoms with Crippen molar-refractivity contribution in [3.8, 4) is 0 Å².